The number of hydrogen-bond acceptors (Lipinski definition) is 4. The Bertz CT molecular complexity index is 518. The number of rotatable bonds is 3. The van der Waals surface area contributed by atoms with E-state index in [4.69, 9.17) is 0 Å². The molecule has 0 unspecified atom stereocenters. The summed E-state index contributed by atoms with van der Waals surface area (Å²) in [5, 5.41) is 4.11. The fraction of sp³-hybridized carbons (Fsp3) is 0.615. The molecule has 0 aromatic carbocycles. The van der Waals surface area contributed by atoms with Crippen LogP contribution < -0.4 is 10.5 Å². The topological polar surface area (TPSA) is 58.4 Å². The molecule has 0 radical (unpaired) electrons. The zero-order chi connectivity index (χ0) is 14.0. The average molecular weight is 264 g/mol. The molecule has 2 heterocycles. The van der Waals surface area contributed by atoms with Crippen LogP contribution in [0.1, 0.15) is 25.8 Å². The summed E-state index contributed by atoms with van der Waals surface area (Å²) in [6, 6.07) is 0.961. The fourth-order valence-electron chi connectivity index (χ4n) is 2.25. The largest absolute Gasteiger partial charge is 0.376 e. The van der Waals surface area contributed by atoms with Crippen LogP contribution in [0.15, 0.2) is 17.1 Å². The van der Waals surface area contributed by atoms with E-state index in [-0.39, 0.29) is 11.5 Å². The molecule has 0 saturated carbocycles. The molecule has 1 aromatic heterocycles. The second-order valence-corrected chi connectivity index (χ2v) is 5.10. The molecule has 1 aromatic rings. The van der Waals surface area contributed by atoms with Gasteiger partial charge in [0.1, 0.15) is 6.04 Å². The summed E-state index contributed by atoms with van der Waals surface area (Å²) < 4.78 is 1.26. The number of carbonyl (C=O) groups is 1. The highest BCUT2D eigenvalue weighted by molar-refractivity contribution is 5.80. The van der Waals surface area contributed by atoms with Gasteiger partial charge in [-0.05, 0) is 19.8 Å². The van der Waals surface area contributed by atoms with Crippen molar-refractivity contribution < 1.29 is 4.79 Å². The van der Waals surface area contributed by atoms with Crippen molar-refractivity contribution in [1.29, 1.82) is 0 Å². The first-order valence-corrected chi connectivity index (χ1v) is 6.55. The molecule has 1 aliphatic rings. The second kappa shape index (κ2) is 5.42. The maximum absolute atomic E-state index is 12.2. The van der Waals surface area contributed by atoms with E-state index in [1.54, 1.807) is 18.0 Å². The van der Waals surface area contributed by atoms with Crippen molar-refractivity contribution in [2.75, 3.05) is 32.1 Å². The lowest BCUT2D eigenvalue weighted by Gasteiger charge is -2.21. The van der Waals surface area contributed by atoms with Crippen LogP contribution in [-0.4, -0.2) is 47.8 Å². The van der Waals surface area contributed by atoms with Crippen LogP contribution in [0.5, 0.6) is 0 Å². The van der Waals surface area contributed by atoms with Crippen molar-refractivity contribution in [1.82, 2.24) is 14.7 Å². The molecule has 1 fully saturated rings. The Labute approximate surface area is 112 Å². The number of carbonyl (C=O) groups excluding carboxylic acids is 1. The maximum atomic E-state index is 12.2. The maximum Gasteiger partial charge on any atom is 0.269 e. The van der Waals surface area contributed by atoms with Gasteiger partial charge in [0.15, 0.2) is 0 Å². The third kappa shape index (κ3) is 2.77. The number of hydrogen-bond donors (Lipinski definition) is 0. The molecule has 0 aliphatic carbocycles. The smallest absolute Gasteiger partial charge is 0.269 e. The molecule has 1 saturated heterocycles. The van der Waals surface area contributed by atoms with E-state index in [0.29, 0.717) is 0 Å². The summed E-state index contributed by atoms with van der Waals surface area (Å²) in [6.07, 6.45) is 3.69. The first-order valence-electron chi connectivity index (χ1n) is 6.55. The lowest BCUT2D eigenvalue weighted by atomic mass is 10.3. The van der Waals surface area contributed by atoms with Crippen molar-refractivity contribution in [3.63, 3.8) is 0 Å². The van der Waals surface area contributed by atoms with Gasteiger partial charge in [-0.3, -0.25) is 9.59 Å². The molecule has 1 atom stereocenters. The predicted octanol–water partition coefficient (Wildman–Crippen LogP) is 0.493. The Morgan fingerprint density at radius 3 is 2.53 bits per heavy atom. The van der Waals surface area contributed by atoms with Gasteiger partial charge < -0.3 is 9.80 Å². The molecule has 0 spiro atoms. The Morgan fingerprint density at radius 1 is 1.37 bits per heavy atom. The number of anilines is 1. The second-order valence-electron chi connectivity index (χ2n) is 5.10. The molecular formula is C13H20N4O2. The van der Waals surface area contributed by atoms with E-state index in [0.717, 1.165) is 31.6 Å². The number of likely N-dealkylation sites (tertiary alicyclic amines) is 1. The molecule has 6 heteroatoms. The lowest BCUT2D eigenvalue weighted by Crippen LogP contribution is -2.38. The SMILES string of the molecule is C[C@@H](C(=O)N1CCCC1)n1ncc(N(C)C)cc1=O. The molecule has 6 nitrogen and oxygen atoms in total. The minimum atomic E-state index is -0.540. The Morgan fingerprint density at radius 2 is 2.00 bits per heavy atom. The summed E-state index contributed by atoms with van der Waals surface area (Å²) in [5.74, 6) is -0.0234. The van der Waals surface area contributed by atoms with Gasteiger partial charge in [0.25, 0.3) is 5.56 Å². The van der Waals surface area contributed by atoms with Gasteiger partial charge in [0.05, 0.1) is 11.9 Å². The molecular weight excluding hydrogens is 244 g/mol. The molecule has 1 amide bonds. The lowest BCUT2D eigenvalue weighted by molar-refractivity contribution is -0.133. The van der Waals surface area contributed by atoms with Crippen molar-refractivity contribution in [2.45, 2.75) is 25.8 Å². The molecule has 2 rings (SSSR count). The van der Waals surface area contributed by atoms with Crippen LogP contribution in [0.25, 0.3) is 0 Å². The van der Waals surface area contributed by atoms with Crippen molar-refractivity contribution >= 4 is 11.6 Å². The van der Waals surface area contributed by atoms with Crippen LogP contribution in [0.3, 0.4) is 0 Å². The summed E-state index contributed by atoms with van der Waals surface area (Å²) in [5.41, 5.74) is 0.494. The zero-order valence-corrected chi connectivity index (χ0v) is 11.7. The summed E-state index contributed by atoms with van der Waals surface area (Å²) in [6.45, 7) is 3.30. The van der Waals surface area contributed by atoms with Gasteiger partial charge in [-0.25, -0.2) is 4.68 Å². The van der Waals surface area contributed by atoms with Crippen LogP contribution in [0.4, 0.5) is 5.69 Å². The molecule has 104 valence electrons. The Kier molecular flexibility index (Phi) is 3.87. The summed E-state index contributed by atoms with van der Waals surface area (Å²) in [7, 11) is 3.69. The minimum absolute atomic E-state index is 0.0234. The highest BCUT2D eigenvalue weighted by Gasteiger charge is 2.25. The molecule has 0 bridgehead atoms. The van der Waals surface area contributed by atoms with Gasteiger partial charge >= 0.3 is 0 Å². The third-order valence-corrected chi connectivity index (χ3v) is 3.47. The van der Waals surface area contributed by atoms with E-state index in [9.17, 15) is 9.59 Å². The quantitative estimate of drug-likeness (QED) is 0.797. The van der Waals surface area contributed by atoms with Gasteiger partial charge in [0, 0.05) is 33.3 Å². The Balaban J connectivity index is 2.21. The monoisotopic (exact) mass is 264 g/mol. The number of aromatic nitrogens is 2. The summed E-state index contributed by atoms with van der Waals surface area (Å²) >= 11 is 0. The minimum Gasteiger partial charge on any atom is -0.376 e. The Hall–Kier alpha value is -1.85. The van der Waals surface area contributed by atoms with E-state index in [1.165, 1.54) is 10.7 Å². The van der Waals surface area contributed by atoms with E-state index < -0.39 is 6.04 Å². The fourth-order valence-corrected chi connectivity index (χ4v) is 2.25. The van der Waals surface area contributed by atoms with Gasteiger partial charge in [-0.2, -0.15) is 5.10 Å². The molecule has 0 N–H and O–H groups in total. The third-order valence-electron chi connectivity index (χ3n) is 3.47. The zero-order valence-electron chi connectivity index (χ0n) is 11.7. The average Bonchev–Trinajstić information content (AvgIpc) is 2.90. The summed E-state index contributed by atoms with van der Waals surface area (Å²) in [4.78, 5) is 27.9. The van der Waals surface area contributed by atoms with Crippen LogP contribution >= 0.6 is 0 Å². The molecule has 19 heavy (non-hydrogen) atoms. The standard InChI is InChI=1S/C13H20N4O2/c1-10(13(19)16-6-4-5-7-16)17-12(18)8-11(9-14-17)15(2)3/h8-10H,4-7H2,1-3H3/t10-/m0/s1. The van der Waals surface area contributed by atoms with Crippen LogP contribution in [0.2, 0.25) is 0 Å². The van der Waals surface area contributed by atoms with Crippen molar-refractivity contribution in [2.24, 2.45) is 0 Å². The van der Waals surface area contributed by atoms with Gasteiger partial charge in [0.2, 0.25) is 5.91 Å². The van der Waals surface area contributed by atoms with Gasteiger partial charge in [-0.1, -0.05) is 0 Å². The number of amides is 1. The van der Waals surface area contributed by atoms with E-state index >= 15 is 0 Å². The first kappa shape index (κ1) is 13.6. The predicted molar refractivity (Wildman–Crippen MR) is 73.3 cm³/mol. The van der Waals surface area contributed by atoms with Crippen molar-refractivity contribution in [3.8, 4) is 0 Å². The normalized spacial score (nSPS) is 16.5. The van der Waals surface area contributed by atoms with Crippen LogP contribution in [0, 0.1) is 0 Å². The van der Waals surface area contributed by atoms with E-state index in [2.05, 4.69) is 5.10 Å². The highest BCUT2D eigenvalue weighted by atomic mass is 16.2. The van der Waals surface area contributed by atoms with Crippen LogP contribution in [-0.2, 0) is 4.79 Å². The van der Waals surface area contributed by atoms with E-state index in [1.807, 2.05) is 19.0 Å². The van der Waals surface area contributed by atoms with Crippen molar-refractivity contribution in [3.05, 3.63) is 22.6 Å². The highest BCUT2D eigenvalue weighted by Crippen LogP contribution is 2.14. The number of nitrogens with zero attached hydrogens (tertiary/aromatic N) is 4. The first-order chi connectivity index (χ1) is 9.00. The van der Waals surface area contributed by atoms with Gasteiger partial charge in [-0.15, -0.1) is 0 Å². The molecule has 1 aliphatic heterocycles.